The molecule has 2 aromatic rings. The van der Waals surface area contributed by atoms with Crippen LogP contribution in [0, 0.1) is 6.92 Å². The van der Waals surface area contributed by atoms with E-state index in [0.717, 1.165) is 16.7 Å². The first-order valence-electron chi connectivity index (χ1n) is 4.24. The zero-order valence-electron chi connectivity index (χ0n) is 8.00. The maximum atomic E-state index is 11.2. The van der Waals surface area contributed by atoms with Crippen molar-refractivity contribution in [1.29, 1.82) is 0 Å². The fourth-order valence-electron chi connectivity index (χ4n) is 1.38. The Bertz CT molecular complexity index is 488. The molecule has 0 spiro atoms. The molecule has 0 saturated heterocycles. The van der Waals surface area contributed by atoms with Gasteiger partial charge in [0.2, 0.25) is 0 Å². The van der Waals surface area contributed by atoms with Gasteiger partial charge < -0.3 is 9.72 Å². The zero-order chi connectivity index (χ0) is 10.1. The Morgan fingerprint density at radius 3 is 3.00 bits per heavy atom. The molecule has 0 aromatic carbocycles. The van der Waals surface area contributed by atoms with Crippen molar-refractivity contribution in [1.82, 2.24) is 9.97 Å². The largest absolute Gasteiger partial charge is 0.465 e. The molecule has 0 amide bonds. The fraction of sp³-hybridized carbons (Fsp3) is 0.200. The second-order valence-electron chi connectivity index (χ2n) is 3.11. The molecular formula is C10H10N2O2. The molecule has 14 heavy (non-hydrogen) atoms. The van der Waals surface area contributed by atoms with Crippen LogP contribution in [0.25, 0.3) is 11.0 Å². The molecule has 0 aliphatic heterocycles. The van der Waals surface area contributed by atoms with Crippen molar-refractivity contribution in [2.75, 3.05) is 7.11 Å². The molecule has 4 nitrogen and oxygen atoms in total. The van der Waals surface area contributed by atoms with Crippen LogP contribution in [-0.4, -0.2) is 23.0 Å². The minimum Gasteiger partial charge on any atom is -0.465 e. The van der Waals surface area contributed by atoms with Crippen LogP contribution < -0.4 is 0 Å². The highest BCUT2D eigenvalue weighted by Crippen LogP contribution is 2.14. The van der Waals surface area contributed by atoms with Gasteiger partial charge >= 0.3 is 5.97 Å². The summed E-state index contributed by atoms with van der Waals surface area (Å²) < 4.78 is 4.60. The molecule has 2 heterocycles. The molecule has 2 aromatic heterocycles. The molecule has 0 saturated carbocycles. The molecule has 0 aliphatic carbocycles. The van der Waals surface area contributed by atoms with E-state index >= 15 is 0 Å². The maximum Gasteiger partial charge on any atom is 0.339 e. The highest BCUT2D eigenvalue weighted by Gasteiger charge is 2.07. The number of carbonyl (C=O) groups is 1. The van der Waals surface area contributed by atoms with Gasteiger partial charge in [-0.25, -0.2) is 9.78 Å². The number of hydrogen-bond acceptors (Lipinski definition) is 3. The molecule has 0 unspecified atom stereocenters. The standard InChI is InChI=1S/C10H10N2O2/c1-6-3-7-4-8(10(13)14-2)5-11-9(7)12-6/h3-5H,1-2H3,(H,11,12). The van der Waals surface area contributed by atoms with Gasteiger partial charge in [-0.3, -0.25) is 0 Å². The van der Waals surface area contributed by atoms with E-state index in [4.69, 9.17) is 0 Å². The molecule has 0 aliphatic rings. The number of esters is 1. The fourth-order valence-corrected chi connectivity index (χ4v) is 1.38. The monoisotopic (exact) mass is 190 g/mol. The van der Waals surface area contributed by atoms with Crippen molar-refractivity contribution in [2.24, 2.45) is 0 Å². The molecule has 72 valence electrons. The third kappa shape index (κ3) is 1.35. The summed E-state index contributed by atoms with van der Waals surface area (Å²) in [6.45, 7) is 1.94. The lowest BCUT2D eigenvalue weighted by Crippen LogP contribution is -2.01. The van der Waals surface area contributed by atoms with Crippen molar-refractivity contribution in [3.63, 3.8) is 0 Å². The second kappa shape index (κ2) is 3.14. The smallest absolute Gasteiger partial charge is 0.339 e. The number of pyridine rings is 1. The molecular weight excluding hydrogens is 180 g/mol. The quantitative estimate of drug-likeness (QED) is 0.696. The number of fused-ring (bicyclic) bond motifs is 1. The first kappa shape index (κ1) is 8.74. The highest BCUT2D eigenvalue weighted by atomic mass is 16.5. The van der Waals surface area contributed by atoms with Gasteiger partial charge in [0.1, 0.15) is 5.65 Å². The lowest BCUT2D eigenvalue weighted by molar-refractivity contribution is 0.0600. The molecule has 4 heteroatoms. The summed E-state index contributed by atoms with van der Waals surface area (Å²) in [4.78, 5) is 18.4. The van der Waals surface area contributed by atoms with Crippen molar-refractivity contribution in [2.45, 2.75) is 6.92 Å². The summed E-state index contributed by atoms with van der Waals surface area (Å²) in [6, 6.07) is 3.70. The lowest BCUT2D eigenvalue weighted by Gasteiger charge is -1.97. The Balaban J connectivity index is 2.55. The third-order valence-corrected chi connectivity index (χ3v) is 2.03. The number of H-pyrrole nitrogens is 1. The summed E-state index contributed by atoms with van der Waals surface area (Å²) in [6.07, 6.45) is 1.50. The number of carbonyl (C=O) groups excluding carboxylic acids is 1. The number of aryl methyl sites for hydroxylation is 1. The van der Waals surface area contributed by atoms with E-state index in [2.05, 4.69) is 14.7 Å². The lowest BCUT2D eigenvalue weighted by atomic mass is 10.2. The molecule has 0 bridgehead atoms. The Morgan fingerprint density at radius 1 is 1.50 bits per heavy atom. The summed E-state index contributed by atoms with van der Waals surface area (Å²) in [5.41, 5.74) is 2.28. The van der Waals surface area contributed by atoms with Crippen LogP contribution in [-0.2, 0) is 4.74 Å². The predicted molar refractivity (Wildman–Crippen MR) is 52.2 cm³/mol. The van der Waals surface area contributed by atoms with E-state index in [1.807, 2.05) is 13.0 Å². The average Bonchev–Trinajstić information content (AvgIpc) is 2.55. The van der Waals surface area contributed by atoms with Crippen LogP contribution in [0.1, 0.15) is 16.1 Å². The minimum atomic E-state index is -0.363. The Kier molecular flexibility index (Phi) is 1.96. The molecule has 2 rings (SSSR count). The summed E-state index contributed by atoms with van der Waals surface area (Å²) >= 11 is 0. The van der Waals surface area contributed by atoms with Crippen LogP contribution in [0.4, 0.5) is 0 Å². The van der Waals surface area contributed by atoms with Crippen LogP contribution >= 0.6 is 0 Å². The van der Waals surface area contributed by atoms with Crippen molar-refractivity contribution in [3.05, 3.63) is 29.6 Å². The molecule has 0 radical (unpaired) electrons. The second-order valence-corrected chi connectivity index (χ2v) is 3.11. The summed E-state index contributed by atoms with van der Waals surface area (Å²) in [5.74, 6) is -0.363. The van der Waals surface area contributed by atoms with E-state index < -0.39 is 0 Å². The van der Waals surface area contributed by atoms with Gasteiger partial charge in [-0.15, -0.1) is 0 Å². The number of aromatic amines is 1. The van der Waals surface area contributed by atoms with Gasteiger partial charge in [0.25, 0.3) is 0 Å². The average molecular weight is 190 g/mol. The predicted octanol–water partition coefficient (Wildman–Crippen LogP) is 1.66. The van der Waals surface area contributed by atoms with Crippen molar-refractivity contribution < 1.29 is 9.53 Å². The number of rotatable bonds is 1. The van der Waals surface area contributed by atoms with Gasteiger partial charge in [-0.1, -0.05) is 0 Å². The minimum absolute atomic E-state index is 0.363. The number of aromatic nitrogens is 2. The van der Waals surface area contributed by atoms with E-state index in [0.29, 0.717) is 5.56 Å². The Morgan fingerprint density at radius 2 is 2.29 bits per heavy atom. The van der Waals surface area contributed by atoms with Gasteiger partial charge in [-0.2, -0.15) is 0 Å². The summed E-state index contributed by atoms with van der Waals surface area (Å²) in [5, 5.41) is 0.922. The normalized spacial score (nSPS) is 10.4. The summed E-state index contributed by atoms with van der Waals surface area (Å²) in [7, 11) is 1.36. The van der Waals surface area contributed by atoms with E-state index in [9.17, 15) is 4.79 Å². The number of methoxy groups -OCH3 is 1. The van der Waals surface area contributed by atoms with E-state index in [1.165, 1.54) is 13.3 Å². The van der Waals surface area contributed by atoms with Crippen LogP contribution in [0.2, 0.25) is 0 Å². The molecule has 0 fully saturated rings. The number of ether oxygens (including phenoxy) is 1. The molecule has 0 atom stereocenters. The third-order valence-electron chi connectivity index (χ3n) is 2.03. The van der Waals surface area contributed by atoms with Gasteiger partial charge in [0, 0.05) is 17.3 Å². The van der Waals surface area contributed by atoms with Crippen LogP contribution in [0.3, 0.4) is 0 Å². The highest BCUT2D eigenvalue weighted by molar-refractivity contribution is 5.93. The van der Waals surface area contributed by atoms with Gasteiger partial charge in [0.15, 0.2) is 0 Å². The number of nitrogens with one attached hydrogen (secondary N) is 1. The van der Waals surface area contributed by atoms with Crippen LogP contribution in [0.5, 0.6) is 0 Å². The molecule has 1 N–H and O–H groups in total. The topological polar surface area (TPSA) is 55.0 Å². The SMILES string of the molecule is COC(=O)c1cnc2[nH]c(C)cc2c1. The zero-order valence-corrected chi connectivity index (χ0v) is 8.00. The van der Waals surface area contributed by atoms with Gasteiger partial charge in [0.05, 0.1) is 12.7 Å². The van der Waals surface area contributed by atoms with E-state index in [1.54, 1.807) is 6.07 Å². The first-order valence-corrected chi connectivity index (χ1v) is 4.24. The first-order chi connectivity index (χ1) is 6.70. The number of nitrogens with zero attached hydrogens (tertiary/aromatic N) is 1. The maximum absolute atomic E-state index is 11.2. The van der Waals surface area contributed by atoms with E-state index in [-0.39, 0.29) is 5.97 Å². The van der Waals surface area contributed by atoms with Crippen molar-refractivity contribution >= 4 is 17.0 Å². The number of hydrogen-bond donors (Lipinski definition) is 1. The van der Waals surface area contributed by atoms with Crippen molar-refractivity contribution in [3.8, 4) is 0 Å². The van der Waals surface area contributed by atoms with Crippen LogP contribution in [0.15, 0.2) is 18.3 Å². The Labute approximate surface area is 80.9 Å². The Hall–Kier alpha value is -1.84. The van der Waals surface area contributed by atoms with Gasteiger partial charge in [-0.05, 0) is 19.1 Å².